The highest BCUT2D eigenvalue weighted by atomic mass is 16.5. The largest absolute Gasteiger partial charge is 0.494 e. The fourth-order valence-corrected chi connectivity index (χ4v) is 3.14. The van der Waals surface area contributed by atoms with Crippen molar-refractivity contribution in [1.29, 1.82) is 0 Å². The first-order chi connectivity index (χ1) is 12.2. The second-order valence-electron chi connectivity index (χ2n) is 6.25. The Morgan fingerprint density at radius 2 is 2.28 bits per heavy atom. The molecule has 1 aliphatic heterocycles. The number of nitrogens with zero attached hydrogens (tertiary/aromatic N) is 3. The summed E-state index contributed by atoms with van der Waals surface area (Å²) in [4.78, 5) is 14.5. The van der Waals surface area contributed by atoms with E-state index in [4.69, 9.17) is 9.47 Å². The van der Waals surface area contributed by atoms with E-state index in [1.54, 1.807) is 13.3 Å². The number of ether oxygens (including phenoxy) is 2. The van der Waals surface area contributed by atoms with E-state index in [0.29, 0.717) is 26.1 Å². The Labute approximate surface area is 147 Å². The normalized spacial score (nSPS) is 20.0. The summed E-state index contributed by atoms with van der Waals surface area (Å²) < 4.78 is 11.2. The number of aromatic amines is 1. The maximum Gasteiger partial charge on any atom is 0.227 e. The Hall–Kier alpha value is -2.41. The van der Waals surface area contributed by atoms with Gasteiger partial charge < -0.3 is 14.4 Å². The van der Waals surface area contributed by atoms with E-state index >= 15 is 0 Å². The molecule has 0 bridgehead atoms. The van der Waals surface area contributed by atoms with Crippen LogP contribution in [-0.2, 0) is 16.0 Å². The van der Waals surface area contributed by atoms with Crippen molar-refractivity contribution in [3.63, 3.8) is 0 Å². The predicted molar refractivity (Wildman–Crippen MR) is 92.4 cm³/mol. The van der Waals surface area contributed by atoms with Gasteiger partial charge in [0.15, 0.2) is 0 Å². The van der Waals surface area contributed by atoms with E-state index in [0.717, 1.165) is 23.4 Å². The first-order valence-electron chi connectivity index (χ1n) is 8.59. The molecule has 7 heteroatoms. The first kappa shape index (κ1) is 17.4. The van der Waals surface area contributed by atoms with Crippen LogP contribution in [-0.4, -0.2) is 59.1 Å². The molecule has 0 saturated carbocycles. The molecule has 134 valence electrons. The maximum absolute atomic E-state index is 12.7. The summed E-state index contributed by atoms with van der Waals surface area (Å²) >= 11 is 0. The van der Waals surface area contributed by atoms with Crippen LogP contribution in [0.3, 0.4) is 0 Å². The molecule has 0 radical (unpaired) electrons. The van der Waals surface area contributed by atoms with E-state index in [-0.39, 0.29) is 17.9 Å². The molecule has 2 aromatic rings. The van der Waals surface area contributed by atoms with Crippen LogP contribution in [0.1, 0.15) is 30.5 Å². The lowest BCUT2D eigenvalue weighted by Gasteiger charge is -2.16. The zero-order valence-electron chi connectivity index (χ0n) is 14.6. The van der Waals surface area contributed by atoms with Gasteiger partial charge in [-0.25, -0.2) is 0 Å². The Balaban J connectivity index is 1.63. The topological polar surface area (TPSA) is 80.3 Å². The summed E-state index contributed by atoms with van der Waals surface area (Å²) in [5, 5.41) is 10.6. The highest BCUT2D eigenvalue weighted by Crippen LogP contribution is 2.28. The van der Waals surface area contributed by atoms with Crippen LogP contribution in [0.25, 0.3) is 0 Å². The highest BCUT2D eigenvalue weighted by Gasteiger charge is 2.37. The van der Waals surface area contributed by atoms with Crippen molar-refractivity contribution in [2.45, 2.75) is 31.8 Å². The van der Waals surface area contributed by atoms with Crippen molar-refractivity contribution in [2.75, 3.05) is 26.8 Å². The number of hydrogen-bond acceptors (Lipinski definition) is 5. The number of hydrogen-bond donors (Lipinski definition) is 1. The molecule has 1 aromatic heterocycles. The average Bonchev–Trinajstić information content (AvgIpc) is 3.29. The van der Waals surface area contributed by atoms with E-state index in [1.807, 2.05) is 29.2 Å². The van der Waals surface area contributed by atoms with Crippen LogP contribution in [0.15, 0.2) is 30.5 Å². The summed E-state index contributed by atoms with van der Waals surface area (Å²) in [6, 6.07) is 7.73. The maximum atomic E-state index is 12.7. The highest BCUT2D eigenvalue weighted by molar-refractivity contribution is 5.79. The Kier molecular flexibility index (Phi) is 5.65. The van der Waals surface area contributed by atoms with Crippen molar-refractivity contribution in [3.05, 3.63) is 41.7 Å². The van der Waals surface area contributed by atoms with Crippen LogP contribution in [0.4, 0.5) is 0 Å². The van der Waals surface area contributed by atoms with Gasteiger partial charge in [0.1, 0.15) is 5.75 Å². The zero-order valence-corrected chi connectivity index (χ0v) is 14.6. The van der Waals surface area contributed by atoms with E-state index in [1.165, 1.54) is 0 Å². The summed E-state index contributed by atoms with van der Waals surface area (Å²) in [7, 11) is 1.67. The van der Waals surface area contributed by atoms with Crippen LogP contribution in [0, 0.1) is 0 Å². The number of benzene rings is 1. The van der Waals surface area contributed by atoms with Crippen molar-refractivity contribution in [3.8, 4) is 5.75 Å². The summed E-state index contributed by atoms with van der Waals surface area (Å²) in [6.45, 7) is 3.91. The van der Waals surface area contributed by atoms with Crippen molar-refractivity contribution in [1.82, 2.24) is 20.3 Å². The lowest BCUT2D eigenvalue weighted by molar-refractivity contribution is -0.129. The van der Waals surface area contributed by atoms with Gasteiger partial charge >= 0.3 is 0 Å². The smallest absolute Gasteiger partial charge is 0.227 e. The molecule has 0 spiro atoms. The van der Waals surface area contributed by atoms with Gasteiger partial charge in [-0.05, 0) is 24.1 Å². The molecule has 0 unspecified atom stereocenters. The number of amides is 1. The Morgan fingerprint density at radius 1 is 1.40 bits per heavy atom. The van der Waals surface area contributed by atoms with Crippen molar-refractivity contribution >= 4 is 5.91 Å². The third-order valence-corrected chi connectivity index (χ3v) is 4.46. The van der Waals surface area contributed by atoms with Gasteiger partial charge in [-0.15, -0.1) is 0 Å². The van der Waals surface area contributed by atoms with Gasteiger partial charge in [0.05, 0.1) is 36.9 Å². The fourth-order valence-electron chi connectivity index (χ4n) is 3.14. The summed E-state index contributed by atoms with van der Waals surface area (Å²) in [5.74, 6) is 0.941. The third-order valence-electron chi connectivity index (χ3n) is 4.46. The minimum Gasteiger partial charge on any atom is -0.494 e. The molecule has 7 nitrogen and oxygen atoms in total. The third kappa shape index (κ3) is 4.17. The monoisotopic (exact) mass is 344 g/mol. The van der Waals surface area contributed by atoms with Crippen molar-refractivity contribution < 1.29 is 14.3 Å². The number of carbonyl (C=O) groups excluding carboxylic acids is 1. The second kappa shape index (κ2) is 8.11. The van der Waals surface area contributed by atoms with E-state index < -0.39 is 0 Å². The van der Waals surface area contributed by atoms with Gasteiger partial charge in [0.25, 0.3) is 0 Å². The molecule has 25 heavy (non-hydrogen) atoms. The predicted octanol–water partition coefficient (Wildman–Crippen LogP) is 1.78. The number of nitrogens with one attached hydrogen (secondary N) is 1. The first-order valence-corrected chi connectivity index (χ1v) is 8.59. The molecule has 3 rings (SSSR count). The second-order valence-corrected chi connectivity index (χ2v) is 6.25. The summed E-state index contributed by atoms with van der Waals surface area (Å²) in [5.41, 5.74) is 1.79. The average molecular weight is 344 g/mol. The minimum absolute atomic E-state index is 0.0481. The van der Waals surface area contributed by atoms with Crippen LogP contribution in [0.5, 0.6) is 5.75 Å². The lowest BCUT2D eigenvalue weighted by atomic mass is 10.0. The molecule has 1 aliphatic rings. The number of H-pyrrole nitrogens is 1. The lowest BCUT2D eigenvalue weighted by Crippen LogP contribution is -2.31. The molecular formula is C18H24N4O3. The Bertz CT molecular complexity index is 689. The van der Waals surface area contributed by atoms with Gasteiger partial charge in [0.2, 0.25) is 5.91 Å². The molecule has 1 saturated heterocycles. The molecule has 0 aliphatic carbocycles. The van der Waals surface area contributed by atoms with Crippen molar-refractivity contribution in [2.24, 2.45) is 0 Å². The number of methoxy groups -OCH3 is 1. The number of carbonyl (C=O) groups is 1. The van der Waals surface area contributed by atoms with Gasteiger partial charge in [-0.3, -0.25) is 4.79 Å². The molecule has 1 amide bonds. The standard InChI is InChI=1S/C18H24N4O3/c1-3-7-25-14-6-4-5-13(8-14)9-18(23)22-11-15(17(12-22)24-2)16-10-19-21-20-16/h4-6,8,10,15,17H,3,7,9,11-12H2,1-2H3,(H,19,20,21)/t15-,17+/m0/s1. The van der Waals surface area contributed by atoms with E-state index in [9.17, 15) is 4.79 Å². The molecule has 1 N–H and O–H groups in total. The SMILES string of the molecule is CCCOc1cccc(CC(=O)N2C[C@@H](OC)[C@H](c3cn[nH]n3)C2)c1. The number of likely N-dealkylation sites (tertiary alicyclic amines) is 1. The molecular weight excluding hydrogens is 320 g/mol. The molecule has 2 heterocycles. The fraction of sp³-hybridized carbons (Fsp3) is 0.500. The van der Waals surface area contributed by atoms with Gasteiger partial charge in [-0.2, -0.15) is 15.4 Å². The van der Waals surface area contributed by atoms with Gasteiger partial charge in [0, 0.05) is 20.2 Å². The molecule has 1 fully saturated rings. The van der Waals surface area contributed by atoms with E-state index in [2.05, 4.69) is 22.3 Å². The minimum atomic E-state index is -0.0618. The molecule has 2 atom stereocenters. The molecule has 1 aromatic carbocycles. The van der Waals surface area contributed by atoms with Crippen LogP contribution < -0.4 is 4.74 Å². The van der Waals surface area contributed by atoms with Gasteiger partial charge in [-0.1, -0.05) is 19.1 Å². The summed E-state index contributed by atoms with van der Waals surface area (Å²) in [6.07, 6.45) is 2.94. The quantitative estimate of drug-likeness (QED) is 0.828. The number of rotatable bonds is 7. The van der Waals surface area contributed by atoms with Crippen LogP contribution in [0.2, 0.25) is 0 Å². The zero-order chi connectivity index (χ0) is 17.6. The van der Waals surface area contributed by atoms with Crippen LogP contribution >= 0.6 is 0 Å². The Morgan fingerprint density at radius 3 is 3.00 bits per heavy atom. The number of aromatic nitrogens is 3.